The number of nitrogens with zero attached hydrogens (tertiary/aromatic N) is 4. The average Bonchev–Trinajstić information content (AvgIpc) is 3.00. The van der Waals surface area contributed by atoms with E-state index in [-0.39, 0.29) is 24.0 Å². The Bertz CT molecular complexity index is 416. The van der Waals surface area contributed by atoms with Crippen LogP contribution >= 0.6 is 24.0 Å². The van der Waals surface area contributed by atoms with Gasteiger partial charge in [0.05, 0.1) is 5.69 Å². The molecular formula is C15H28IN5O. The van der Waals surface area contributed by atoms with Crippen LogP contribution in [-0.4, -0.2) is 60.2 Å². The number of aliphatic imine (C=N–C) groups is 1. The second kappa shape index (κ2) is 10.8. The Morgan fingerprint density at radius 1 is 1.32 bits per heavy atom. The molecule has 1 fully saturated rings. The lowest BCUT2D eigenvalue weighted by molar-refractivity contribution is 0.169. The number of unbranched alkanes of at least 4 members (excludes halogenated alkanes) is 1. The van der Waals surface area contributed by atoms with Gasteiger partial charge in [-0.1, -0.05) is 18.5 Å². The predicted molar refractivity (Wildman–Crippen MR) is 99.7 cm³/mol. The fourth-order valence-electron chi connectivity index (χ4n) is 2.43. The molecule has 0 aliphatic carbocycles. The van der Waals surface area contributed by atoms with Gasteiger partial charge in [0.25, 0.3) is 0 Å². The third-order valence-corrected chi connectivity index (χ3v) is 3.66. The lowest BCUT2D eigenvalue weighted by Crippen LogP contribution is -2.52. The highest BCUT2D eigenvalue weighted by atomic mass is 127. The highest BCUT2D eigenvalue weighted by molar-refractivity contribution is 14.0. The van der Waals surface area contributed by atoms with Crippen molar-refractivity contribution in [2.75, 3.05) is 39.3 Å². The molecule has 1 aromatic heterocycles. The Kier molecular flexibility index (Phi) is 9.45. The first-order valence-electron chi connectivity index (χ1n) is 7.98. The van der Waals surface area contributed by atoms with Crippen molar-refractivity contribution >= 4 is 29.9 Å². The van der Waals surface area contributed by atoms with Gasteiger partial charge in [-0.15, -0.1) is 24.0 Å². The Morgan fingerprint density at radius 3 is 2.68 bits per heavy atom. The third kappa shape index (κ3) is 6.12. The minimum Gasteiger partial charge on any atom is -0.364 e. The largest absolute Gasteiger partial charge is 0.364 e. The Labute approximate surface area is 150 Å². The van der Waals surface area contributed by atoms with E-state index in [9.17, 15) is 0 Å². The molecule has 0 radical (unpaired) electrons. The van der Waals surface area contributed by atoms with E-state index in [1.165, 1.54) is 6.42 Å². The van der Waals surface area contributed by atoms with Gasteiger partial charge < -0.3 is 14.7 Å². The smallest absolute Gasteiger partial charge is 0.194 e. The molecule has 0 saturated carbocycles. The van der Waals surface area contributed by atoms with Gasteiger partial charge in [-0.3, -0.25) is 9.89 Å². The average molecular weight is 421 g/mol. The molecule has 0 aromatic carbocycles. The van der Waals surface area contributed by atoms with E-state index >= 15 is 0 Å². The molecule has 0 atom stereocenters. The normalized spacial score (nSPS) is 16.5. The van der Waals surface area contributed by atoms with Crippen LogP contribution in [0.4, 0.5) is 0 Å². The number of hydrogen-bond acceptors (Lipinski definition) is 4. The summed E-state index contributed by atoms with van der Waals surface area (Å²) in [5.41, 5.74) is 1.01. The zero-order chi connectivity index (χ0) is 14.9. The second-order valence-corrected chi connectivity index (χ2v) is 5.34. The van der Waals surface area contributed by atoms with Gasteiger partial charge in [-0.25, -0.2) is 0 Å². The van der Waals surface area contributed by atoms with Crippen molar-refractivity contribution in [2.24, 2.45) is 4.99 Å². The van der Waals surface area contributed by atoms with Gasteiger partial charge in [0.2, 0.25) is 0 Å². The van der Waals surface area contributed by atoms with Crippen LogP contribution in [0.5, 0.6) is 0 Å². The first kappa shape index (κ1) is 19.2. The van der Waals surface area contributed by atoms with Crippen molar-refractivity contribution in [1.29, 1.82) is 0 Å². The van der Waals surface area contributed by atoms with Crippen LogP contribution in [0.25, 0.3) is 0 Å². The molecule has 2 heterocycles. The second-order valence-electron chi connectivity index (χ2n) is 5.34. The van der Waals surface area contributed by atoms with E-state index < -0.39 is 0 Å². The highest BCUT2D eigenvalue weighted by Crippen LogP contribution is 2.07. The fraction of sp³-hybridized carbons (Fsp3) is 0.733. The number of piperazine rings is 1. The Hall–Kier alpha value is -0.830. The number of hydrogen-bond donors (Lipinski definition) is 1. The number of guanidine groups is 1. The molecule has 6 nitrogen and oxygen atoms in total. The summed E-state index contributed by atoms with van der Waals surface area (Å²) in [4.78, 5) is 9.48. The lowest BCUT2D eigenvalue weighted by atomic mass is 10.3. The van der Waals surface area contributed by atoms with E-state index in [1.54, 1.807) is 6.26 Å². The molecular weight excluding hydrogens is 393 g/mol. The standard InChI is InChI=1S/C15H27N5O.HI/c1-3-5-7-17-15(16-4-2)20-10-8-19(9-11-20)13-14-6-12-21-18-14;/h6,12H,3-5,7-11,13H2,1-2H3,(H,16,17);1H. The maximum Gasteiger partial charge on any atom is 0.194 e. The van der Waals surface area contributed by atoms with Gasteiger partial charge in [0, 0.05) is 51.9 Å². The summed E-state index contributed by atoms with van der Waals surface area (Å²) in [5, 5.41) is 7.38. The topological polar surface area (TPSA) is 56.9 Å². The van der Waals surface area contributed by atoms with Crippen molar-refractivity contribution in [1.82, 2.24) is 20.3 Å². The molecule has 1 aromatic rings. The summed E-state index contributed by atoms with van der Waals surface area (Å²) in [6.45, 7) is 11.1. The molecule has 0 bridgehead atoms. The van der Waals surface area contributed by atoms with Crippen molar-refractivity contribution in [2.45, 2.75) is 33.2 Å². The number of halogens is 1. The maximum atomic E-state index is 4.89. The number of aromatic nitrogens is 1. The van der Waals surface area contributed by atoms with Gasteiger partial charge in [-0.2, -0.15) is 0 Å². The zero-order valence-electron chi connectivity index (χ0n) is 13.6. The predicted octanol–water partition coefficient (Wildman–Crippen LogP) is 2.18. The van der Waals surface area contributed by atoms with Gasteiger partial charge in [-0.05, 0) is 13.3 Å². The Balaban J connectivity index is 0.00000242. The van der Waals surface area contributed by atoms with Gasteiger partial charge >= 0.3 is 0 Å². The summed E-state index contributed by atoms with van der Waals surface area (Å²) in [6, 6.07) is 1.93. The van der Waals surface area contributed by atoms with Crippen LogP contribution in [-0.2, 0) is 6.54 Å². The molecule has 0 unspecified atom stereocenters. The molecule has 0 amide bonds. The first-order valence-corrected chi connectivity index (χ1v) is 7.98. The molecule has 1 saturated heterocycles. The minimum absolute atomic E-state index is 0. The van der Waals surface area contributed by atoms with E-state index in [0.717, 1.165) is 63.9 Å². The molecule has 0 spiro atoms. The lowest BCUT2D eigenvalue weighted by Gasteiger charge is -2.36. The van der Waals surface area contributed by atoms with Crippen LogP contribution < -0.4 is 5.32 Å². The molecule has 7 heteroatoms. The SMILES string of the molecule is CCCCN=C(NCC)N1CCN(Cc2ccon2)CC1.I. The molecule has 1 aliphatic heterocycles. The van der Waals surface area contributed by atoms with Crippen LogP contribution in [0, 0.1) is 0 Å². The molecule has 1 aliphatic rings. The molecule has 22 heavy (non-hydrogen) atoms. The van der Waals surface area contributed by atoms with E-state index in [4.69, 9.17) is 9.52 Å². The third-order valence-electron chi connectivity index (χ3n) is 3.66. The van der Waals surface area contributed by atoms with Crippen LogP contribution in [0.3, 0.4) is 0 Å². The van der Waals surface area contributed by atoms with Crippen LogP contribution in [0.1, 0.15) is 32.4 Å². The number of rotatable bonds is 6. The number of nitrogens with one attached hydrogen (secondary N) is 1. The minimum atomic E-state index is 0. The van der Waals surface area contributed by atoms with Crippen molar-refractivity contribution < 1.29 is 4.52 Å². The summed E-state index contributed by atoms with van der Waals surface area (Å²) < 4.78 is 4.89. The highest BCUT2D eigenvalue weighted by Gasteiger charge is 2.20. The van der Waals surface area contributed by atoms with Crippen LogP contribution in [0.2, 0.25) is 0 Å². The first-order chi connectivity index (χ1) is 10.3. The Morgan fingerprint density at radius 2 is 2.09 bits per heavy atom. The van der Waals surface area contributed by atoms with Crippen LogP contribution in [0.15, 0.2) is 21.8 Å². The molecule has 2 rings (SSSR count). The van der Waals surface area contributed by atoms with E-state index in [0.29, 0.717) is 0 Å². The van der Waals surface area contributed by atoms with E-state index in [1.807, 2.05) is 6.07 Å². The van der Waals surface area contributed by atoms with E-state index in [2.05, 4.69) is 34.1 Å². The quantitative estimate of drug-likeness (QED) is 0.330. The van der Waals surface area contributed by atoms with Crippen molar-refractivity contribution in [3.8, 4) is 0 Å². The summed E-state index contributed by atoms with van der Waals surface area (Å²) in [5.74, 6) is 1.06. The maximum absolute atomic E-state index is 4.89. The fourth-order valence-corrected chi connectivity index (χ4v) is 2.43. The molecule has 1 N–H and O–H groups in total. The molecule has 126 valence electrons. The summed E-state index contributed by atoms with van der Waals surface area (Å²) >= 11 is 0. The van der Waals surface area contributed by atoms with Gasteiger partial charge in [0.1, 0.15) is 6.26 Å². The summed E-state index contributed by atoms with van der Waals surface area (Å²) in [7, 11) is 0. The monoisotopic (exact) mass is 421 g/mol. The van der Waals surface area contributed by atoms with Crippen molar-refractivity contribution in [3.05, 3.63) is 18.0 Å². The zero-order valence-corrected chi connectivity index (χ0v) is 16.0. The van der Waals surface area contributed by atoms with Gasteiger partial charge in [0.15, 0.2) is 5.96 Å². The van der Waals surface area contributed by atoms with Crippen molar-refractivity contribution in [3.63, 3.8) is 0 Å². The summed E-state index contributed by atoms with van der Waals surface area (Å²) in [6.07, 6.45) is 3.98.